The van der Waals surface area contributed by atoms with Crippen LogP contribution in [0.25, 0.3) is 0 Å². The summed E-state index contributed by atoms with van der Waals surface area (Å²) in [5.41, 5.74) is 0.319. The van der Waals surface area contributed by atoms with Crippen LogP contribution in [0.1, 0.15) is 30.6 Å². The lowest BCUT2D eigenvalue weighted by Crippen LogP contribution is -2.42. The number of ether oxygens (including phenoxy) is 2. The van der Waals surface area contributed by atoms with Crippen LogP contribution in [-0.2, 0) is 9.53 Å². The number of hydrogen-bond donors (Lipinski definition) is 1. The van der Waals surface area contributed by atoms with Crippen molar-refractivity contribution in [1.29, 1.82) is 0 Å². The zero-order valence-corrected chi connectivity index (χ0v) is 13.4. The number of esters is 1. The second kappa shape index (κ2) is 7.88. The average Bonchev–Trinajstić information content (AvgIpc) is 2.44. The van der Waals surface area contributed by atoms with Gasteiger partial charge in [0.15, 0.2) is 0 Å². The van der Waals surface area contributed by atoms with E-state index in [4.69, 9.17) is 21.1 Å². The fourth-order valence-corrected chi connectivity index (χ4v) is 2.08. The molecular formula is C15H20ClNO4. The van der Waals surface area contributed by atoms with Crippen molar-refractivity contribution in [3.63, 3.8) is 0 Å². The highest BCUT2D eigenvalue weighted by molar-refractivity contribution is 6.30. The highest BCUT2D eigenvalue weighted by Crippen LogP contribution is 2.23. The quantitative estimate of drug-likeness (QED) is 0.820. The molecule has 0 heterocycles. The van der Waals surface area contributed by atoms with Crippen molar-refractivity contribution in [3.05, 3.63) is 28.8 Å². The van der Waals surface area contributed by atoms with Crippen LogP contribution < -0.4 is 10.1 Å². The Labute approximate surface area is 129 Å². The Balaban J connectivity index is 2.93. The van der Waals surface area contributed by atoms with Gasteiger partial charge < -0.3 is 14.8 Å². The van der Waals surface area contributed by atoms with Crippen molar-refractivity contribution in [1.82, 2.24) is 5.32 Å². The number of rotatable bonds is 6. The minimum absolute atomic E-state index is 0.238. The van der Waals surface area contributed by atoms with Crippen LogP contribution in [0.2, 0.25) is 5.02 Å². The molecule has 1 N–H and O–H groups in total. The molecule has 5 nitrogen and oxygen atoms in total. The molecule has 0 aliphatic carbocycles. The van der Waals surface area contributed by atoms with E-state index in [0.29, 0.717) is 22.8 Å². The van der Waals surface area contributed by atoms with Crippen LogP contribution in [0.5, 0.6) is 5.75 Å². The number of methoxy groups -OCH3 is 2. The topological polar surface area (TPSA) is 64.6 Å². The van der Waals surface area contributed by atoms with E-state index >= 15 is 0 Å². The summed E-state index contributed by atoms with van der Waals surface area (Å²) in [7, 11) is 2.75. The maximum atomic E-state index is 12.3. The monoisotopic (exact) mass is 313 g/mol. The zero-order valence-electron chi connectivity index (χ0n) is 12.6. The zero-order chi connectivity index (χ0) is 16.0. The molecule has 0 saturated carbocycles. The molecule has 6 heteroatoms. The Morgan fingerprint density at radius 1 is 1.29 bits per heavy atom. The first kappa shape index (κ1) is 17.3. The fourth-order valence-electron chi connectivity index (χ4n) is 1.92. The molecule has 1 atom stereocenters. The molecule has 0 aromatic heterocycles. The normalized spacial score (nSPS) is 11.9. The summed E-state index contributed by atoms with van der Waals surface area (Å²) >= 11 is 5.86. The van der Waals surface area contributed by atoms with E-state index in [9.17, 15) is 9.59 Å². The van der Waals surface area contributed by atoms with Crippen LogP contribution in [-0.4, -0.2) is 32.1 Å². The Morgan fingerprint density at radius 2 is 1.95 bits per heavy atom. The molecule has 0 spiro atoms. The SMILES string of the molecule is COC(=O)C(CC(C)C)NC(=O)c1ccc(Cl)cc1OC. The first-order valence-electron chi connectivity index (χ1n) is 6.61. The summed E-state index contributed by atoms with van der Waals surface area (Å²) in [5, 5.41) is 3.14. The van der Waals surface area contributed by atoms with Gasteiger partial charge >= 0.3 is 5.97 Å². The smallest absolute Gasteiger partial charge is 0.328 e. The van der Waals surface area contributed by atoms with Crippen LogP contribution in [0.3, 0.4) is 0 Å². The Bertz CT molecular complexity index is 516. The van der Waals surface area contributed by atoms with Gasteiger partial charge in [0.1, 0.15) is 11.8 Å². The first-order valence-corrected chi connectivity index (χ1v) is 6.99. The highest BCUT2D eigenvalue weighted by Gasteiger charge is 2.24. The summed E-state index contributed by atoms with van der Waals surface area (Å²) in [4.78, 5) is 24.0. The summed E-state index contributed by atoms with van der Waals surface area (Å²) < 4.78 is 9.85. The number of hydrogen-bond acceptors (Lipinski definition) is 4. The third-order valence-corrected chi connectivity index (χ3v) is 3.14. The number of benzene rings is 1. The predicted octanol–water partition coefficient (Wildman–Crippen LogP) is 2.67. The standard InChI is InChI=1S/C15H20ClNO4/c1-9(2)7-12(15(19)21-4)17-14(18)11-6-5-10(16)8-13(11)20-3/h5-6,8-9,12H,7H2,1-4H3,(H,17,18). The molecule has 1 aromatic carbocycles. The average molecular weight is 314 g/mol. The number of amides is 1. The predicted molar refractivity (Wildman–Crippen MR) is 80.7 cm³/mol. The van der Waals surface area contributed by atoms with E-state index in [0.717, 1.165) is 0 Å². The van der Waals surface area contributed by atoms with Gasteiger partial charge in [0.05, 0.1) is 19.8 Å². The molecule has 0 fully saturated rings. The van der Waals surface area contributed by atoms with Crippen LogP contribution >= 0.6 is 11.6 Å². The lowest BCUT2D eigenvalue weighted by Gasteiger charge is -2.19. The molecule has 1 aromatic rings. The minimum atomic E-state index is -0.692. The van der Waals surface area contributed by atoms with Crippen molar-refractivity contribution >= 4 is 23.5 Å². The first-order chi connectivity index (χ1) is 9.88. The minimum Gasteiger partial charge on any atom is -0.496 e. The largest absolute Gasteiger partial charge is 0.496 e. The lowest BCUT2D eigenvalue weighted by atomic mass is 10.0. The molecule has 0 aliphatic rings. The number of carbonyl (C=O) groups is 2. The summed E-state index contributed by atoms with van der Waals surface area (Å²) in [5.74, 6) is -0.278. The third kappa shape index (κ3) is 4.93. The molecular weight excluding hydrogens is 294 g/mol. The molecule has 116 valence electrons. The number of nitrogens with one attached hydrogen (secondary N) is 1. The number of halogens is 1. The maximum Gasteiger partial charge on any atom is 0.328 e. The van der Waals surface area contributed by atoms with Gasteiger partial charge in [-0.2, -0.15) is 0 Å². The molecule has 0 aliphatic heterocycles. The van der Waals surface area contributed by atoms with E-state index in [1.54, 1.807) is 18.2 Å². The van der Waals surface area contributed by atoms with Gasteiger partial charge in [-0.1, -0.05) is 25.4 Å². The molecule has 1 amide bonds. The van der Waals surface area contributed by atoms with Crippen molar-refractivity contribution in [2.75, 3.05) is 14.2 Å². The summed E-state index contributed by atoms with van der Waals surface area (Å²) in [6.07, 6.45) is 0.494. The van der Waals surface area contributed by atoms with Gasteiger partial charge in [-0.15, -0.1) is 0 Å². The maximum absolute atomic E-state index is 12.3. The van der Waals surface area contributed by atoms with E-state index < -0.39 is 17.9 Å². The Hall–Kier alpha value is -1.75. The third-order valence-electron chi connectivity index (χ3n) is 2.91. The van der Waals surface area contributed by atoms with Crippen molar-refractivity contribution in [3.8, 4) is 5.75 Å². The van der Waals surface area contributed by atoms with Gasteiger partial charge in [-0.05, 0) is 30.5 Å². The van der Waals surface area contributed by atoms with Gasteiger partial charge in [0, 0.05) is 5.02 Å². The van der Waals surface area contributed by atoms with Crippen molar-refractivity contribution < 1.29 is 19.1 Å². The highest BCUT2D eigenvalue weighted by atomic mass is 35.5. The Kier molecular flexibility index (Phi) is 6.49. The molecule has 0 saturated heterocycles. The lowest BCUT2D eigenvalue weighted by molar-refractivity contribution is -0.143. The second-order valence-electron chi connectivity index (χ2n) is 5.02. The molecule has 1 unspecified atom stereocenters. The van der Waals surface area contributed by atoms with E-state index in [-0.39, 0.29) is 5.92 Å². The molecule has 21 heavy (non-hydrogen) atoms. The van der Waals surface area contributed by atoms with E-state index in [2.05, 4.69) is 5.32 Å². The fraction of sp³-hybridized carbons (Fsp3) is 0.467. The van der Waals surface area contributed by atoms with Gasteiger partial charge in [-0.3, -0.25) is 4.79 Å². The van der Waals surface area contributed by atoms with E-state index in [1.807, 2.05) is 13.8 Å². The van der Waals surface area contributed by atoms with Gasteiger partial charge in [0.25, 0.3) is 5.91 Å². The summed E-state index contributed by atoms with van der Waals surface area (Å²) in [6.45, 7) is 3.93. The van der Waals surface area contributed by atoms with Gasteiger partial charge in [-0.25, -0.2) is 4.79 Å². The molecule has 1 rings (SSSR count). The second-order valence-corrected chi connectivity index (χ2v) is 5.46. The Morgan fingerprint density at radius 3 is 2.48 bits per heavy atom. The van der Waals surface area contributed by atoms with Crippen LogP contribution in [0.4, 0.5) is 0 Å². The van der Waals surface area contributed by atoms with Crippen molar-refractivity contribution in [2.45, 2.75) is 26.3 Å². The van der Waals surface area contributed by atoms with Crippen molar-refractivity contribution in [2.24, 2.45) is 5.92 Å². The summed E-state index contributed by atoms with van der Waals surface area (Å²) in [6, 6.07) is 4.00. The molecule has 0 bridgehead atoms. The van der Waals surface area contributed by atoms with Crippen LogP contribution in [0.15, 0.2) is 18.2 Å². The van der Waals surface area contributed by atoms with E-state index in [1.165, 1.54) is 14.2 Å². The van der Waals surface area contributed by atoms with Gasteiger partial charge in [0.2, 0.25) is 0 Å². The molecule has 0 radical (unpaired) electrons. The van der Waals surface area contributed by atoms with Crippen LogP contribution in [0, 0.1) is 5.92 Å². The number of carbonyl (C=O) groups excluding carboxylic acids is 2.